The second-order valence-electron chi connectivity index (χ2n) is 7.35. The minimum Gasteiger partial charge on any atom is -0.497 e. The van der Waals surface area contributed by atoms with E-state index in [1.807, 2.05) is 13.0 Å². The number of H-pyrrole nitrogens is 1. The van der Waals surface area contributed by atoms with E-state index in [9.17, 15) is 9.59 Å². The number of hydrogen-bond donors (Lipinski definition) is 3. The molecule has 1 aliphatic heterocycles. The minimum atomic E-state index is -0.521. The summed E-state index contributed by atoms with van der Waals surface area (Å²) in [7, 11) is 2.90. The zero-order valence-corrected chi connectivity index (χ0v) is 16.3. The number of ether oxygens (including phenoxy) is 2. The van der Waals surface area contributed by atoms with Crippen molar-refractivity contribution < 1.29 is 24.0 Å². The first-order valence-electron chi connectivity index (χ1n) is 9.38. The van der Waals surface area contributed by atoms with Gasteiger partial charge in [0.05, 0.1) is 38.5 Å². The number of rotatable bonds is 5. The second kappa shape index (κ2) is 8.00. The molecule has 146 valence electrons. The summed E-state index contributed by atoms with van der Waals surface area (Å²) in [5.74, 6) is 0.668. The molecule has 1 unspecified atom stereocenters. The Balaban J connectivity index is 1.90. The molecule has 3 N–H and O–H groups in total. The molecule has 0 radical (unpaired) electrons. The summed E-state index contributed by atoms with van der Waals surface area (Å²) in [5, 5.41) is 3.71. The lowest BCUT2D eigenvalue weighted by molar-refractivity contribution is -0.922. The number of esters is 1. The average molecular weight is 374 g/mol. The van der Waals surface area contributed by atoms with E-state index in [4.69, 9.17) is 9.47 Å². The third kappa shape index (κ3) is 3.93. The Hall–Kier alpha value is -2.54. The highest BCUT2D eigenvalue weighted by molar-refractivity contribution is 6.11. The molecular formula is C20H28N3O4+. The van der Waals surface area contributed by atoms with Gasteiger partial charge in [-0.3, -0.25) is 4.79 Å². The van der Waals surface area contributed by atoms with E-state index in [1.54, 1.807) is 19.2 Å². The molecule has 2 aromatic rings. The summed E-state index contributed by atoms with van der Waals surface area (Å²) in [6.45, 7) is 6.15. The van der Waals surface area contributed by atoms with Gasteiger partial charge in [0.2, 0.25) is 0 Å². The minimum absolute atomic E-state index is 0.0963. The van der Waals surface area contributed by atoms with Crippen molar-refractivity contribution in [1.82, 2.24) is 4.98 Å². The van der Waals surface area contributed by atoms with Gasteiger partial charge in [-0.2, -0.15) is 0 Å². The molecule has 1 aromatic heterocycles. The Labute approximate surface area is 159 Å². The van der Waals surface area contributed by atoms with Gasteiger partial charge in [0.15, 0.2) is 6.04 Å². The van der Waals surface area contributed by atoms with Crippen LogP contribution in [-0.2, 0) is 9.53 Å². The van der Waals surface area contributed by atoms with E-state index in [0.717, 1.165) is 24.9 Å². The molecule has 1 amide bonds. The number of anilines is 1. The van der Waals surface area contributed by atoms with Crippen LogP contribution in [0.4, 0.5) is 5.69 Å². The van der Waals surface area contributed by atoms with Crippen LogP contribution in [0.3, 0.4) is 0 Å². The van der Waals surface area contributed by atoms with Gasteiger partial charge in [-0.15, -0.1) is 0 Å². The van der Waals surface area contributed by atoms with E-state index < -0.39 is 5.97 Å². The number of carbonyl (C=O) groups is 2. The van der Waals surface area contributed by atoms with Crippen molar-refractivity contribution in [3.8, 4) is 5.75 Å². The summed E-state index contributed by atoms with van der Waals surface area (Å²) >= 11 is 0. The number of carbonyl (C=O) groups excluding carboxylic acids is 2. The van der Waals surface area contributed by atoms with E-state index >= 15 is 0 Å². The molecule has 0 bridgehead atoms. The normalized spacial score (nSPS) is 20.9. The Morgan fingerprint density at radius 2 is 2.11 bits per heavy atom. The third-order valence-corrected chi connectivity index (χ3v) is 5.45. The maximum absolute atomic E-state index is 12.9. The van der Waals surface area contributed by atoms with E-state index in [2.05, 4.69) is 17.2 Å². The van der Waals surface area contributed by atoms with Crippen molar-refractivity contribution in [3.05, 3.63) is 23.9 Å². The molecule has 1 saturated heterocycles. The van der Waals surface area contributed by atoms with Crippen molar-refractivity contribution >= 4 is 28.5 Å². The van der Waals surface area contributed by atoms with Crippen LogP contribution in [0, 0.1) is 5.92 Å². The summed E-state index contributed by atoms with van der Waals surface area (Å²) in [6.07, 6.45) is 2.35. The van der Waals surface area contributed by atoms with Gasteiger partial charge in [0.25, 0.3) is 5.91 Å². The number of aromatic nitrogens is 1. The number of nitrogens with one attached hydrogen (secondary N) is 3. The first-order chi connectivity index (χ1) is 12.9. The average Bonchev–Trinajstić information content (AvgIpc) is 3.04. The molecule has 3 rings (SSSR count). The van der Waals surface area contributed by atoms with Crippen molar-refractivity contribution in [1.29, 1.82) is 0 Å². The Kier molecular flexibility index (Phi) is 5.70. The fraction of sp³-hybridized carbons (Fsp3) is 0.500. The molecule has 1 aromatic carbocycles. The van der Waals surface area contributed by atoms with Gasteiger partial charge in [-0.05, 0) is 31.9 Å². The monoisotopic (exact) mass is 374 g/mol. The predicted octanol–water partition coefficient (Wildman–Crippen LogP) is 1.60. The van der Waals surface area contributed by atoms with Crippen LogP contribution in [0.1, 0.15) is 37.2 Å². The standard InChI is InChI=1S/C20H27N3O4/c1-12-6-5-9-23(11-12)13(2)19(24)22-17-15-8-7-14(26-3)10-16(15)21-18(17)20(25)27-4/h7-8,10,12-13,21H,5-6,9,11H2,1-4H3,(H,22,24)/p+1/t12-,13+/m1/s1. The number of methoxy groups -OCH3 is 2. The SMILES string of the molecule is COC(=O)c1[nH]c2cc(OC)ccc2c1NC(=O)[C@H](C)[NH+]1CCC[C@@H](C)C1. The predicted molar refractivity (Wildman–Crippen MR) is 103 cm³/mol. The highest BCUT2D eigenvalue weighted by Crippen LogP contribution is 2.31. The fourth-order valence-corrected chi connectivity index (χ4v) is 3.83. The van der Waals surface area contributed by atoms with Gasteiger partial charge in [-0.25, -0.2) is 4.79 Å². The Morgan fingerprint density at radius 1 is 1.33 bits per heavy atom. The molecule has 0 spiro atoms. The van der Waals surface area contributed by atoms with Crippen LogP contribution in [-0.4, -0.2) is 50.2 Å². The number of aromatic amines is 1. The molecule has 7 nitrogen and oxygen atoms in total. The quantitative estimate of drug-likeness (QED) is 0.694. The van der Waals surface area contributed by atoms with Crippen molar-refractivity contribution in [2.45, 2.75) is 32.7 Å². The van der Waals surface area contributed by atoms with Crippen LogP contribution in [0.15, 0.2) is 18.2 Å². The number of amides is 1. The summed E-state index contributed by atoms with van der Waals surface area (Å²) in [4.78, 5) is 29.5. The number of quaternary nitrogens is 1. The molecule has 1 fully saturated rings. The molecule has 2 heterocycles. The third-order valence-electron chi connectivity index (χ3n) is 5.45. The van der Waals surface area contributed by atoms with Crippen LogP contribution in [0.2, 0.25) is 0 Å². The van der Waals surface area contributed by atoms with Gasteiger partial charge in [-0.1, -0.05) is 6.92 Å². The van der Waals surface area contributed by atoms with Crippen molar-refractivity contribution in [2.75, 3.05) is 32.6 Å². The van der Waals surface area contributed by atoms with E-state index in [0.29, 0.717) is 22.9 Å². The first kappa shape index (κ1) is 19.2. The largest absolute Gasteiger partial charge is 0.497 e. The van der Waals surface area contributed by atoms with Crippen LogP contribution < -0.4 is 15.0 Å². The number of hydrogen-bond acceptors (Lipinski definition) is 4. The molecule has 0 saturated carbocycles. The molecule has 1 aliphatic rings. The highest BCUT2D eigenvalue weighted by Gasteiger charge is 2.31. The van der Waals surface area contributed by atoms with Crippen molar-refractivity contribution in [2.24, 2.45) is 5.92 Å². The van der Waals surface area contributed by atoms with Gasteiger partial charge >= 0.3 is 5.97 Å². The topological polar surface area (TPSA) is 84.9 Å². The Morgan fingerprint density at radius 3 is 2.78 bits per heavy atom. The van der Waals surface area contributed by atoms with Gasteiger partial charge < -0.3 is 24.7 Å². The number of piperidine rings is 1. The smallest absolute Gasteiger partial charge is 0.356 e. The first-order valence-corrected chi connectivity index (χ1v) is 9.38. The van der Waals surface area contributed by atoms with Gasteiger partial charge in [0.1, 0.15) is 11.4 Å². The summed E-state index contributed by atoms with van der Waals surface area (Å²) in [6, 6.07) is 5.22. The zero-order valence-electron chi connectivity index (χ0n) is 16.3. The molecule has 0 aliphatic carbocycles. The van der Waals surface area contributed by atoms with Crippen molar-refractivity contribution in [3.63, 3.8) is 0 Å². The van der Waals surface area contributed by atoms with Crippen LogP contribution in [0.5, 0.6) is 5.75 Å². The Bertz CT molecular complexity index is 845. The fourth-order valence-electron chi connectivity index (χ4n) is 3.83. The lowest BCUT2D eigenvalue weighted by Gasteiger charge is -2.31. The van der Waals surface area contributed by atoms with E-state index in [-0.39, 0.29) is 17.6 Å². The highest BCUT2D eigenvalue weighted by atomic mass is 16.5. The maximum Gasteiger partial charge on any atom is 0.356 e. The number of fused-ring (bicyclic) bond motifs is 1. The zero-order chi connectivity index (χ0) is 19.6. The number of benzene rings is 1. The molecular weight excluding hydrogens is 346 g/mol. The number of likely N-dealkylation sites (tertiary alicyclic amines) is 1. The van der Waals surface area contributed by atoms with Crippen LogP contribution >= 0.6 is 0 Å². The lowest BCUT2D eigenvalue weighted by atomic mass is 9.99. The summed E-state index contributed by atoms with van der Waals surface area (Å²) < 4.78 is 10.1. The van der Waals surface area contributed by atoms with Gasteiger partial charge in [0, 0.05) is 17.4 Å². The second-order valence-corrected chi connectivity index (χ2v) is 7.35. The molecule has 3 atom stereocenters. The van der Waals surface area contributed by atoms with Crippen LogP contribution in [0.25, 0.3) is 10.9 Å². The molecule has 27 heavy (non-hydrogen) atoms. The maximum atomic E-state index is 12.9. The lowest BCUT2D eigenvalue weighted by Crippen LogP contribution is -3.17. The molecule has 7 heteroatoms. The summed E-state index contributed by atoms with van der Waals surface area (Å²) in [5.41, 5.74) is 1.40. The van der Waals surface area contributed by atoms with E-state index in [1.165, 1.54) is 18.4 Å².